The molecule has 0 spiro atoms. The number of sulfonamides is 1. The van der Waals surface area contributed by atoms with Crippen molar-refractivity contribution in [3.63, 3.8) is 0 Å². The minimum Gasteiger partial charge on any atom is -0.497 e. The molecular weight excluding hydrogens is 436 g/mol. The largest absolute Gasteiger partial charge is 0.497 e. The molecule has 1 fully saturated rings. The minimum absolute atomic E-state index is 0.142. The van der Waals surface area contributed by atoms with Gasteiger partial charge in [-0.15, -0.1) is 10.2 Å². The minimum atomic E-state index is -3.58. The number of ether oxygens (including phenoxy) is 2. The average Bonchev–Trinajstić information content (AvgIpc) is 3.28. The molecule has 0 saturated carbocycles. The number of nitrogens with one attached hydrogen (secondary N) is 1. The number of hydrogen-bond donors (Lipinski definition) is 1. The number of aromatic nitrogens is 4. The van der Waals surface area contributed by atoms with E-state index in [2.05, 4.69) is 20.7 Å². The van der Waals surface area contributed by atoms with Crippen molar-refractivity contribution >= 4 is 21.6 Å². The first kappa shape index (κ1) is 21.9. The first-order valence-electron chi connectivity index (χ1n) is 9.86. The Morgan fingerprint density at radius 3 is 2.44 bits per heavy atom. The molecule has 1 aromatic heterocycles. The molecule has 4 rings (SSSR count). The van der Waals surface area contributed by atoms with Gasteiger partial charge in [-0.3, -0.25) is 4.79 Å². The third kappa shape index (κ3) is 4.93. The third-order valence-corrected chi connectivity index (χ3v) is 6.74. The van der Waals surface area contributed by atoms with Crippen molar-refractivity contribution in [1.29, 1.82) is 0 Å². The van der Waals surface area contributed by atoms with Gasteiger partial charge in [-0.2, -0.15) is 9.10 Å². The molecule has 3 aromatic rings. The molecule has 11 nitrogen and oxygen atoms in total. The summed E-state index contributed by atoms with van der Waals surface area (Å²) in [6.07, 6.45) is 0. The van der Waals surface area contributed by atoms with E-state index in [1.54, 1.807) is 43.5 Å². The predicted octanol–water partition coefficient (Wildman–Crippen LogP) is 1.01. The van der Waals surface area contributed by atoms with Gasteiger partial charge in [-0.25, -0.2) is 8.42 Å². The molecule has 2 aromatic carbocycles. The molecule has 1 aliphatic rings. The fourth-order valence-electron chi connectivity index (χ4n) is 3.14. The highest BCUT2D eigenvalue weighted by atomic mass is 32.2. The van der Waals surface area contributed by atoms with E-state index in [0.717, 1.165) is 5.56 Å². The number of carbonyl (C=O) groups is 1. The highest BCUT2D eigenvalue weighted by Gasteiger charge is 2.26. The number of tetrazole rings is 1. The monoisotopic (exact) mass is 458 g/mol. The van der Waals surface area contributed by atoms with Crippen LogP contribution >= 0.6 is 0 Å². The lowest BCUT2D eigenvalue weighted by Crippen LogP contribution is -2.40. The zero-order chi connectivity index (χ0) is 22.6. The molecule has 32 heavy (non-hydrogen) atoms. The van der Waals surface area contributed by atoms with Gasteiger partial charge in [0.15, 0.2) is 0 Å². The second kappa shape index (κ2) is 9.42. The van der Waals surface area contributed by atoms with Crippen LogP contribution in [0.15, 0.2) is 53.4 Å². The molecular formula is C20H22N6O5S. The van der Waals surface area contributed by atoms with Crippen LogP contribution in [0.3, 0.4) is 0 Å². The van der Waals surface area contributed by atoms with Gasteiger partial charge < -0.3 is 14.8 Å². The first-order valence-corrected chi connectivity index (χ1v) is 11.3. The van der Waals surface area contributed by atoms with Crippen LogP contribution in [-0.4, -0.2) is 72.3 Å². The lowest BCUT2D eigenvalue weighted by molar-refractivity contribution is -0.117. The van der Waals surface area contributed by atoms with Crippen LogP contribution in [0.2, 0.25) is 0 Å². The van der Waals surface area contributed by atoms with E-state index in [9.17, 15) is 13.2 Å². The molecule has 1 N–H and O–H groups in total. The maximum absolute atomic E-state index is 12.7. The number of hydrogen-bond acceptors (Lipinski definition) is 8. The number of carbonyl (C=O) groups excluding carboxylic acids is 1. The van der Waals surface area contributed by atoms with Crippen molar-refractivity contribution in [2.45, 2.75) is 11.4 Å². The number of methoxy groups -OCH3 is 1. The van der Waals surface area contributed by atoms with E-state index in [0.29, 0.717) is 43.6 Å². The molecule has 0 atom stereocenters. The zero-order valence-electron chi connectivity index (χ0n) is 17.3. The average molecular weight is 459 g/mol. The maximum Gasteiger partial charge on any atom is 0.248 e. The van der Waals surface area contributed by atoms with Crippen LogP contribution in [0.5, 0.6) is 5.75 Å². The molecule has 1 saturated heterocycles. The normalized spacial score (nSPS) is 14.8. The van der Waals surface area contributed by atoms with Crippen LogP contribution < -0.4 is 10.1 Å². The summed E-state index contributed by atoms with van der Waals surface area (Å²) in [5.41, 5.74) is 1.21. The summed E-state index contributed by atoms with van der Waals surface area (Å²) < 4.78 is 37.0. The van der Waals surface area contributed by atoms with E-state index >= 15 is 0 Å². The van der Waals surface area contributed by atoms with E-state index in [-0.39, 0.29) is 17.3 Å². The Hall–Kier alpha value is -3.35. The molecule has 1 amide bonds. The highest BCUT2D eigenvalue weighted by molar-refractivity contribution is 7.89. The van der Waals surface area contributed by atoms with Crippen LogP contribution in [-0.2, 0) is 26.1 Å². The Balaban J connectivity index is 1.36. The van der Waals surface area contributed by atoms with Gasteiger partial charge in [0.2, 0.25) is 21.8 Å². The number of amides is 1. The van der Waals surface area contributed by atoms with E-state index < -0.39 is 10.0 Å². The number of benzene rings is 2. The summed E-state index contributed by atoms with van der Waals surface area (Å²) >= 11 is 0. The van der Waals surface area contributed by atoms with Crippen molar-refractivity contribution in [3.05, 3.63) is 48.5 Å². The van der Waals surface area contributed by atoms with Crippen LogP contribution in [0.25, 0.3) is 11.4 Å². The second-order valence-electron chi connectivity index (χ2n) is 6.96. The quantitative estimate of drug-likeness (QED) is 0.555. The SMILES string of the molecule is COc1ccc(-c2nnn(CC(=O)Nc3ccc(S(=O)(=O)N4CCOCC4)cc3)n2)cc1. The van der Waals surface area contributed by atoms with Crippen LogP contribution in [0, 0.1) is 0 Å². The van der Waals surface area contributed by atoms with Crippen LogP contribution in [0.1, 0.15) is 0 Å². The lowest BCUT2D eigenvalue weighted by Gasteiger charge is -2.26. The maximum atomic E-state index is 12.7. The first-order chi connectivity index (χ1) is 15.5. The Morgan fingerprint density at radius 1 is 1.09 bits per heavy atom. The van der Waals surface area contributed by atoms with Gasteiger partial charge in [0.1, 0.15) is 12.3 Å². The summed E-state index contributed by atoms with van der Waals surface area (Å²) in [5.74, 6) is 0.731. The molecule has 0 aliphatic carbocycles. The van der Waals surface area contributed by atoms with Crippen molar-refractivity contribution in [1.82, 2.24) is 24.5 Å². The highest BCUT2D eigenvalue weighted by Crippen LogP contribution is 2.20. The summed E-state index contributed by atoms with van der Waals surface area (Å²) in [4.78, 5) is 13.7. The summed E-state index contributed by atoms with van der Waals surface area (Å²) in [6, 6.07) is 13.2. The van der Waals surface area contributed by atoms with Crippen molar-refractivity contribution in [3.8, 4) is 17.1 Å². The van der Waals surface area contributed by atoms with Gasteiger partial charge >= 0.3 is 0 Å². The Bertz CT molecular complexity index is 1170. The van der Waals surface area contributed by atoms with Crippen molar-refractivity contribution in [2.75, 3.05) is 38.7 Å². The summed E-state index contributed by atoms with van der Waals surface area (Å²) in [7, 11) is -2.00. The zero-order valence-corrected chi connectivity index (χ0v) is 18.2. The van der Waals surface area contributed by atoms with E-state index in [1.165, 1.54) is 21.2 Å². The summed E-state index contributed by atoms with van der Waals surface area (Å²) in [5, 5.41) is 14.8. The molecule has 168 valence electrons. The predicted molar refractivity (Wildman–Crippen MR) is 114 cm³/mol. The molecule has 12 heteroatoms. The van der Waals surface area contributed by atoms with Crippen LogP contribution in [0.4, 0.5) is 5.69 Å². The van der Waals surface area contributed by atoms with E-state index in [4.69, 9.17) is 9.47 Å². The molecule has 2 heterocycles. The molecule has 0 radical (unpaired) electrons. The van der Waals surface area contributed by atoms with Crippen molar-refractivity contribution in [2.24, 2.45) is 0 Å². The summed E-state index contributed by atoms with van der Waals surface area (Å²) in [6.45, 7) is 1.26. The van der Waals surface area contributed by atoms with Gasteiger partial charge in [0.05, 0.1) is 25.2 Å². The number of rotatable bonds is 7. The van der Waals surface area contributed by atoms with Gasteiger partial charge in [-0.1, -0.05) is 0 Å². The number of anilines is 1. The van der Waals surface area contributed by atoms with E-state index in [1.807, 2.05) is 0 Å². The lowest BCUT2D eigenvalue weighted by atomic mass is 10.2. The standard InChI is InChI=1S/C20H22N6O5S/c1-30-17-6-2-15(3-7-17)20-22-24-26(23-20)14-19(27)21-16-4-8-18(9-5-16)32(28,29)25-10-12-31-13-11-25/h2-9H,10-14H2,1H3,(H,21,27). The van der Waals surface area contributed by atoms with Gasteiger partial charge in [0.25, 0.3) is 0 Å². The number of nitrogens with zero attached hydrogens (tertiary/aromatic N) is 5. The number of morpholine rings is 1. The third-order valence-electron chi connectivity index (χ3n) is 4.83. The topological polar surface area (TPSA) is 129 Å². The molecule has 0 unspecified atom stereocenters. The second-order valence-corrected chi connectivity index (χ2v) is 8.90. The Morgan fingerprint density at radius 2 is 1.78 bits per heavy atom. The molecule has 1 aliphatic heterocycles. The smallest absolute Gasteiger partial charge is 0.248 e. The van der Waals surface area contributed by atoms with Crippen molar-refractivity contribution < 1.29 is 22.7 Å². The Kier molecular flexibility index (Phi) is 6.44. The fraction of sp³-hybridized carbons (Fsp3) is 0.300. The molecule has 0 bridgehead atoms. The van der Waals surface area contributed by atoms with Gasteiger partial charge in [-0.05, 0) is 53.7 Å². The van der Waals surface area contributed by atoms with Gasteiger partial charge in [0, 0.05) is 24.3 Å². The Labute approximate surface area is 185 Å². The fourth-order valence-corrected chi connectivity index (χ4v) is 4.55.